The number of fused-ring (bicyclic) bond motifs is 1. The number of ether oxygens (including phenoxy) is 1. The van der Waals surface area contributed by atoms with Crippen molar-refractivity contribution in [2.24, 2.45) is 0 Å². The summed E-state index contributed by atoms with van der Waals surface area (Å²) in [6.45, 7) is 0. The molecule has 2 N–H and O–H groups in total. The van der Waals surface area contributed by atoms with Gasteiger partial charge in [-0.2, -0.15) is 0 Å². The van der Waals surface area contributed by atoms with E-state index in [9.17, 15) is 13.6 Å². The van der Waals surface area contributed by atoms with Crippen LogP contribution in [0.1, 0.15) is 0 Å². The van der Waals surface area contributed by atoms with E-state index in [0.717, 1.165) is 6.07 Å². The summed E-state index contributed by atoms with van der Waals surface area (Å²) in [6, 6.07) is 5.46. The van der Waals surface area contributed by atoms with Gasteiger partial charge in [-0.25, -0.2) is 18.7 Å². The molecule has 0 saturated heterocycles. The Hall–Kier alpha value is -2.78. The average molecular weight is 484 g/mol. The van der Waals surface area contributed by atoms with Crippen LogP contribution in [-0.2, 0) is 4.79 Å². The average Bonchev–Trinajstić information content (AvgIpc) is 2.72. The van der Waals surface area contributed by atoms with Gasteiger partial charge in [0.25, 0.3) is 0 Å². The highest BCUT2D eigenvalue weighted by Crippen LogP contribution is 2.34. The first kappa shape index (κ1) is 20.9. The van der Waals surface area contributed by atoms with Gasteiger partial charge in [-0.15, -0.1) is 0 Å². The molecule has 0 radical (unpaired) electrons. The number of methoxy groups -OCH3 is 1. The normalized spacial score (nSPS) is 11.1. The molecule has 0 aliphatic carbocycles. The first-order valence-corrected chi connectivity index (χ1v) is 9.71. The minimum Gasteiger partial charge on any atom is -0.494 e. The number of rotatable bonds is 6. The van der Waals surface area contributed by atoms with Gasteiger partial charge in [-0.3, -0.25) is 4.79 Å². The molecule has 1 aromatic heterocycles. The molecule has 0 saturated carbocycles. The van der Waals surface area contributed by atoms with Crippen LogP contribution in [0.15, 0.2) is 42.7 Å². The molecule has 0 spiro atoms. The predicted octanol–water partition coefficient (Wildman–Crippen LogP) is 5.20. The standard InChI is InChI=1S/C19H14BrClF2N4O2/c1-29-15-8-13-10(7-14(15)26-16(28)3-2-6-20)19(25-9-24-13)27-12-5-4-11(22)17(21)18(12)23/h2-5,7-9H,6H2,1H3,(H,26,28)(H,24,25,27). The smallest absolute Gasteiger partial charge is 0.248 e. The Kier molecular flexibility index (Phi) is 6.60. The third-order valence-corrected chi connectivity index (χ3v) is 4.58. The maximum absolute atomic E-state index is 14.3. The molecule has 0 fully saturated rings. The Labute approximate surface area is 178 Å². The number of hydrogen-bond donors (Lipinski definition) is 2. The Bertz CT molecular complexity index is 1110. The molecule has 10 heteroatoms. The number of nitrogens with one attached hydrogen (secondary N) is 2. The molecule has 3 rings (SSSR count). The van der Waals surface area contributed by atoms with Crippen molar-refractivity contribution in [1.29, 1.82) is 0 Å². The summed E-state index contributed by atoms with van der Waals surface area (Å²) in [6.07, 6.45) is 4.29. The number of nitrogens with zero attached hydrogens (tertiary/aromatic N) is 2. The van der Waals surface area contributed by atoms with Crippen molar-refractivity contribution < 1.29 is 18.3 Å². The van der Waals surface area contributed by atoms with Crippen LogP contribution in [0.4, 0.5) is 26.0 Å². The van der Waals surface area contributed by atoms with Crippen molar-refractivity contribution in [3.8, 4) is 5.75 Å². The monoisotopic (exact) mass is 482 g/mol. The molecule has 0 aliphatic heterocycles. The minimum absolute atomic E-state index is 0.0574. The maximum atomic E-state index is 14.3. The van der Waals surface area contributed by atoms with Gasteiger partial charge in [0, 0.05) is 22.9 Å². The van der Waals surface area contributed by atoms with Gasteiger partial charge in [-0.05, 0) is 18.2 Å². The van der Waals surface area contributed by atoms with Crippen LogP contribution < -0.4 is 15.4 Å². The molecule has 0 atom stereocenters. The zero-order valence-electron chi connectivity index (χ0n) is 15.0. The molecule has 2 aromatic carbocycles. The van der Waals surface area contributed by atoms with Crippen molar-refractivity contribution in [1.82, 2.24) is 9.97 Å². The number of amides is 1. The number of alkyl halides is 1. The number of allylic oxidation sites excluding steroid dienone is 1. The highest BCUT2D eigenvalue weighted by Gasteiger charge is 2.15. The van der Waals surface area contributed by atoms with E-state index >= 15 is 0 Å². The summed E-state index contributed by atoms with van der Waals surface area (Å²) in [4.78, 5) is 20.3. The number of benzene rings is 2. The van der Waals surface area contributed by atoms with Crippen molar-refractivity contribution in [2.45, 2.75) is 0 Å². The Morgan fingerprint density at radius 1 is 1.28 bits per heavy atom. The van der Waals surface area contributed by atoms with Crippen molar-refractivity contribution in [3.63, 3.8) is 0 Å². The van der Waals surface area contributed by atoms with Crippen LogP contribution in [0.5, 0.6) is 5.75 Å². The van der Waals surface area contributed by atoms with Crippen molar-refractivity contribution >= 4 is 61.5 Å². The second kappa shape index (κ2) is 9.15. The van der Waals surface area contributed by atoms with Crippen molar-refractivity contribution in [2.75, 3.05) is 23.1 Å². The lowest BCUT2D eigenvalue weighted by atomic mass is 10.1. The van der Waals surface area contributed by atoms with E-state index in [1.165, 1.54) is 25.6 Å². The predicted molar refractivity (Wildman–Crippen MR) is 112 cm³/mol. The second-order valence-corrected chi connectivity index (χ2v) is 6.71. The fourth-order valence-electron chi connectivity index (χ4n) is 2.53. The Morgan fingerprint density at radius 3 is 2.79 bits per heavy atom. The quantitative estimate of drug-likeness (QED) is 0.286. The van der Waals surface area contributed by atoms with E-state index in [1.54, 1.807) is 18.2 Å². The summed E-state index contributed by atoms with van der Waals surface area (Å²) in [5, 5.41) is 5.88. The van der Waals surface area contributed by atoms with Gasteiger partial charge >= 0.3 is 0 Å². The lowest BCUT2D eigenvalue weighted by Gasteiger charge is -2.14. The third-order valence-electron chi connectivity index (χ3n) is 3.86. The van der Waals surface area contributed by atoms with Gasteiger partial charge < -0.3 is 15.4 Å². The molecule has 0 aliphatic rings. The largest absolute Gasteiger partial charge is 0.494 e. The Balaban J connectivity index is 2.05. The Morgan fingerprint density at radius 2 is 2.07 bits per heavy atom. The molecule has 1 amide bonds. The van der Waals surface area contributed by atoms with Crippen LogP contribution >= 0.6 is 27.5 Å². The number of halogens is 4. The number of aromatic nitrogens is 2. The van der Waals surface area contributed by atoms with Gasteiger partial charge in [0.2, 0.25) is 5.91 Å². The molecule has 0 bridgehead atoms. The van der Waals surface area contributed by atoms with E-state index in [0.29, 0.717) is 27.7 Å². The first-order chi connectivity index (χ1) is 13.9. The van der Waals surface area contributed by atoms with E-state index in [-0.39, 0.29) is 17.4 Å². The third kappa shape index (κ3) is 4.63. The van der Waals surface area contributed by atoms with E-state index < -0.39 is 16.7 Å². The lowest BCUT2D eigenvalue weighted by Crippen LogP contribution is -2.09. The van der Waals surface area contributed by atoms with Gasteiger partial charge in [-0.1, -0.05) is 33.6 Å². The second-order valence-electron chi connectivity index (χ2n) is 5.69. The molecular weight excluding hydrogens is 470 g/mol. The van der Waals surface area contributed by atoms with Gasteiger partial charge in [0.15, 0.2) is 5.82 Å². The summed E-state index contributed by atoms with van der Waals surface area (Å²) in [5.74, 6) is -1.54. The topological polar surface area (TPSA) is 76.1 Å². The minimum atomic E-state index is -0.944. The molecule has 150 valence electrons. The number of carbonyl (C=O) groups is 1. The molecule has 29 heavy (non-hydrogen) atoms. The van der Waals surface area contributed by atoms with E-state index in [4.69, 9.17) is 16.3 Å². The molecule has 6 nitrogen and oxygen atoms in total. The highest BCUT2D eigenvalue weighted by atomic mass is 79.9. The number of carbonyl (C=O) groups excluding carboxylic acids is 1. The molecule has 3 aromatic rings. The van der Waals surface area contributed by atoms with Crippen LogP contribution in [0, 0.1) is 11.6 Å². The molecule has 1 heterocycles. The van der Waals surface area contributed by atoms with Gasteiger partial charge in [0.1, 0.15) is 28.7 Å². The van der Waals surface area contributed by atoms with Crippen LogP contribution in [0.3, 0.4) is 0 Å². The maximum Gasteiger partial charge on any atom is 0.248 e. The lowest BCUT2D eigenvalue weighted by molar-refractivity contribution is -0.111. The summed E-state index contributed by atoms with van der Waals surface area (Å²) in [5.41, 5.74) is 0.805. The summed E-state index contributed by atoms with van der Waals surface area (Å²) < 4.78 is 33.0. The van der Waals surface area contributed by atoms with Crippen LogP contribution in [0.25, 0.3) is 10.9 Å². The van der Waals surface area contributed by atoms with E-state index in [2.05, 4.69) is 36.5 Å². The van der Waals surface area contributed by atoms with Crippen LogP contribution in [-0.4, -0.2) is 28.3 Å². The molecular formula is C19H14BrClF2N4O2. The van der Waals surface area contributed by atoms with Crippen molar-refractivity contribution in [3.05, 3.63) is 59.4 Å². The highest BCUT2D eigenvalue weighted by molar-refractivity contribution is 9.09. The fraction of sp³-hybridized carbons (Fsp3) is 0.105. The number of hydrogen-bond acceptors (Lipinski definition) is 5. The SMILES string of the molecule is COc1cc2ncnc(Nc3ccc(F)c(Cl)c3F)c2cc1NC(=O)C=CCBr. The first-order valence-electron chi connectivity index (χ1n) is 8.21. The zero-order valence-corrected chi connectivity index (χ0v) is 17.3. The fourth-order valence-corrected chi connectivity index (χ4v) is 2.88. The van der Waals surface area contributed by atoms with Gasteiger partial charge in [0.05, 0.1) is 24.0 Å². The molecule has 0 unspecified atom stereocenters. The summed E-state index contributed by atoms with van der Waals surface area (Å²) in [7, 11) is 1.46. The zero-order chi connectivity index (χ0) is 21.0. The summed E-state index contributed by atoms with van der Waals surface area (Å²) >= 11 is 8.84. The number of anilines is 3. The van der Waals surface area contributed by atoms with Crippen LogP contribution in [0.2, 0.25) is 5.02 Å². The van der Waals surface area contributed by atoms with E-state index in [1.807, 2.05) is 0 Å².